The molecule has 0 radical (unpaired) electrons. The molecule has 1 aliphatic carbocycles. The summed E-state index contributed by atoms with van der Waals surface area (Å²) in [6, 6.07) is 0. The van der Waals surface area contributed by atoms with Crippen LogP contribution in [0.25, 0.3) is 0 Å². The van der Waals surface area contributed by atoms with Gasteiger partial charge in [-0.15, -0.1) is 0 Å². The first-order valence-corrected chi connectivity index (χ1v) is 5.18. The third-order valence-corrected chi connectivity index (χ3v) is 2.74. The minimum Gasteiger partial charge on any atom is -0.377 e. The molecule has 2 nitrogen and oxygen atoms in total. The van der Waals surface area contributed by atoms with Crippen molar-refractivity contribution in [3.63, 3.8) is 0 Å². The van der Waals surface area contributed by atoms with Crippen LogP contribution in [0.5, 0.6) is 0 Å². The van der Waals surface area contributed by atoms with Gasteiger partial charge in [-0.25, -0.2) is 0 Å². The van der Waals surface area contributed by atoms with Crippen LogP contribution in [-0.2, 0) is 4.74 Å². The maximum absolute atomic E-state index is 5.61. The topological polar surface area (TPSA) is 35.2 Å². The van der Waals surface area contributed by atoms with Gasteiger partial charge in [0, 0.05) is 13.2 Å². The zero-order valence-electron chi connectivity index (χ0n) is 8.09. The number of ether oxygens (including phenoxy) is 1. The van der Waals surface area contributed by atoms with Crippen LogP contribution in [0, 0.1) is 5.92 Å². The number of hydrogen-bond acceptors (Lipinski definition) is 2. The highest BCUT2D eigenvalue weighted by Gasteiger charge is 2.19. The number of hydrogen-bond donors (Lipinski definition) is 1. The van der Waals surface area contributed by atoms with Crippen molar-refractivity contribution in [2.75, 3.05) is 13.2 Å². The lowest BCUT2D eigenvalue weighted by Crippen LogP contribution is -2.25. The van der Waals surface area contributed by atoms with Crippen LogP contribution in [0.4, 0.5) is 0 Å². The fourth-order valence-corrected chi connectivity index (χ4v) is 2.09. The van der Waals surface area contributed by atoms with Gasteiger partial charge in [-0.3, -0.25) is 0 Å². The van der Waals surface area contributed by atoms with E-state index in [9.17, 15) is 0 Å². The lowest BCUT2D eigenvalue weighted by atomic mass is 10.00. The van der Waals surface area contributed by atoms with Gasteiger partial charge in [0.15, 0.2) is 0 Å². The van der Waals surface area contributed by atoms with Gasteiger partial charge in [-0.2, -0.15) is 0 Å². The van der Waals surface area contributed by atoms with E-state index in [2.05, 4.69) is 0 Å². The Hall–Kier alpha value is -0.0800. The molecule has 0 aromatic carbocycles. The standard InChI is InChI=1S/C10H21NO/c1-2-12-10(8-11)7-9-5-3-4-6-9/h9-10H,2-8,11H2,1H3. The van der Waals surface area contributed by atoms with Crippen LogP contribution in [-0.4, -0.2) is 19.3 Å². The van der Waals surface area contributed by atoms with Crippen molar-refractivity contribution in [1.82, 2.24) is 0 Å². The lowest BCUT2D eigenvalue weighted by Gasteiger charge is -2.18. The molecule has 0 heterocycles. The summed E-state index contributed by atoms with van der Waals surface area (Å²) in [7, 11) is 0. The summed E-state index contributed by atoms with van der Waals surface area (Å²) in [5.41, 5.74) is 5.61. The molecule has 0 bridgehead atoms. The zero-order chi connectivity index (χ0) is 8.81. The summed E-state index contributed by atoms with van der Waals surface area (Å²) in [4.78, 5) is 0. The van der Waals surface area contributed by atoms with E-state index in [1.54, 1.807) is 0 Å². The molecule has 72 valence electrons. The summed E-state index contributed by atoms with van der Waals surface area (Å²) < 4.78 is 5.53. The molecule has 12 heavy (non-hydrogen) atoms. The smallest absolute Gasteiger partial charge is 0.0699 e. The van der Waals surface area contributed by atoms with E-state index in [0.29, 0.717) is 12.6 Å². The minimum absolute atomic E-state index is 0.318. The molecule has 1 aliphatic rings. The van der Waals surface area contributed by atoms with Crippen molar-refractivity contribution in [3.8, 4) is 0 Å². The molecule has 1 unspecified atom stereocenters. The van der Waals surface area contributed by atoms with Crippen molar-refractivity contribution >= 4 is 0 Å². The predicted molar refractivity (Wildman–Crippen MR) is 51.0 cm³/mol. The second-order valence-corrected chi connectivity index (χ2v) is 3.70. The lowest BCUT2D eigenvalue weighted by molar-refractivity contribution is 0.0514. The molecule has 0 saturated heterocycles. The van der Waals surface area contributed by atoms with Crippen LogP contribution in [0.15, 0.2) is 0 Å². The monoisotopic (exact) mass is 171 g/mol. The first-order chi connectivity index (χ1) is 5.86. The van der Waals surface area contributed by atoms with Crippen LogP contribution < -0.4 is 5.73 Å². The second kappa shape index (κ2) is 5.55. The van der Waals surface area contributed by atoms with E-state index in [1.807, 2.05) is 6.92 Å². The molecule has 0 aromatic heterocycles. The van der Waals surface area contributed by atoms with Crippen molar-refractivity contribution < 1.29 is 4.74 Å². The van der Waals surface area contributed by atoms with Crippen LogP contribution >= 0.6 is 0 Å². The summed E-state index contributed by atoms with van der Waals surface area (Å²) in [5, 5.41) is 0. The van der Waals surface area contributed by atoms with Gasteiger partial charge < -0.3 is 10.5 Å². The number of rotatable bonds is 5. The maximum Gasteiger partial charge on any atom is 0.0699 e. The molecule has 0 aliphatic heterocycles. The highest BCUT2D eigenvalue weighted by atomic mass is 16.5. The Morgan fingerprint density at radius 1 is 1.42 bits per heavy atom. The van der Waals surface area contributed by atoms with Gasteiger partial charge in [0.2, 0.25) is 0 Å². The molecular weight excluding hydrogens is 150 g/mol. The first kappa shape index (κ1) is 10.0. The molecule has 0 aromatic rings. The molecule has 1 atom stereocenters. The van der Waals surface area contributed by atoms with Gasteiger partial charge in [0.1, 0.15) is 0 Å². The van der Waals surface area contributed by atoms with Crippen molar-refractivity contribution in [1.29, 1.82) is 0 Å². The molecule has 0 amide bonds. The van der Waals surface area contributed by atoms with E-state index >= 15 is 0 Å². The van der Waals surface area contributed by atoms with E-state index in [1.165, 1.54) is 32.1 Å². The van der Waals surface area contributed by atoms with Crippen LogP contribution in [0.2, 0.25) is 0 Å². The van der Waals surface area contributed by atoms with Crippen LogP contribution in [0.1, 0.15) is 39.0 Å². The fraction of sp³-hybridized carbons (Fsp3) is 1.00. The summed E-state index contributed by atoms with van der Waals surface area (Å²) in [6.07, 6.45) is 7.11. The zero-order valence-corrected chi connectivity index (χ0v) is 8.09. The van der Waals surface area contributed by atoms with E-state index < -0.39 is 0 Å². The second-order valence-electron chi connectivity index (χ2n) is 3.70. The van der Waals surface area contributed by atoms with E-state index in [0.717, 1.165) is 12.5 Å². The van der Waals surface area contributed by atoms with Gasteiger partial charge >= 0.3 is 0 Å². The normalized spacial score (nSPS) is 21.5. The molecule has 0 spiro atoms. The van der Waals surface area contributed by atoms with Crippen molar-refractivity contribution in [2.24, 2.45) is 11.7 Å². The van der Waals surface area contributed by atoms with Gasteiger partial charge in [0.25, 0.3) is 0 Å². The Labute approximate surface area is 75.5 Å². The Bertz CT molecular complexity index is 110. The minimum atomic E-state index is 0.318. The van der Waals surface area contributed by atoms with Gasteiger partial charge in [0.05, 0.1) is 6.10 Å². The largest absolute Gasteiger partial charge is 0.377 e. The fourth-order valence-electron chi connectivity index (χ4n) is 2.09. The summed E-state index contributed by atoms with van der Waals surface area (Å²) in [6.45, 7) is 3.52. The predicted octanol–water partition coefficient (Wildman–Crippen LogP) is 1.93. The Balaban J connectivity index is 2.16. The average molecular weight is 171 g/mol. The molecule has 2 N–H and O–H groups in total. The first-order valence-electron chi connectivity index (χ1n) is 5.18. The third-order valence-electron chi connectivity index (χ3n) is 2.74. The van der Waals surface area contributed by atoms with E-state index in [4.69, 9.17) is 10.5 Å². The van der Waals surface area contributed by atoms with Gasteiger partial charge in [-0.1, -0.05) is 25.7 Å². The highest BCUT2D eigenvalue weighted by molar-refractivity contribution is 4.72. The number of nitrogens with two attached hydrogens (primary N) is 1. The average Bonchev–Trinajstić information content (AvgIpc) is 2.56. The summed E-state index contributed by atoms with van der Waals surface area (Å²) >= 11 is 0. The third kappa shape index (κ3) is 3.11. The van der Waals surface area contributed by atoms with E-state index in [-0.39, 0.29) is 0 Å². The van der Waals surface area contributed by atoms with Gasteiger partial charge in [-0.05, 0) is 19.3 Å². The van der Waals surface area contributed by atoms with Crippen molar-refractivity contribution in [3.05, 3.63) is 0 Å². The Morgan fingerprint density at radius 2 is 2.08 bits per heavy atom. The molecule has 1 fully saturated rings. The quantitative estimate of drug-likeness (QED) is 0.686. The molecule has 2 heteroatoms. The Kier molecular flexibility index (Phi) is 4.62. The maximum atomic E-state index is 5.61. The van der Waals surface area contributed by atoms with Crippen LogP contribution in [0.3, 0.4) is 0 Å². The molecular formula is C10H21NO. The summed E-state index contributed by atoms with van der Waals surface area (Å²) in [5.74, 6) is 0.894. The highest BCUT2D eigenvalue weighted by Crippen LogP contribution is 2.28. The SMILES string of the molecule is CCOC(CN)CC1CCCC1. The Morgan fingerprint density at radius 3 is 2.58 bits per heavy atom. The van der Waals surface area contributed by atoms with Crippen molar-refractivity contribution in [2.45, 2.75) is 45.1 Å². The molecule has 1 rings (SSSR count). The molecule has 1 saturated carbocycles.